The van der Waals surface area contributed by atoms with Gasteiger partial charge in [-0.1, -0.05) is 5.16 Å². The lowest BCUT2D eigenvalue weighted by molar-refractivity contribution is -0.133. The maximum Gasteiger partial charge on any atom is 0.229 e. The predicted molar refractivity (Wildman–Crippen MR) is 85.2 cm³/mol. The van der Waals surface area contributed by atoms with Gasteiger partial charge in [-0.2, -0.15) is 4.98 Å². The van der Waals surface area contributed by atoms with Gasteiger partial charge in [-0.15, -0.1) is 0 Å². The van der Waals surface area contributed by atoms with E-state index in [4.69, 9.17) is 8.94 Å². The average molecular weight is 330 g/mol. The van der Waals surface area contributed by atoms with Crippen LogP contribution >= 0.6 is 0 Å². The molecule has 7 heteroatoms. The van der Waals surface area contributed by atoms with Crippen molar-refractivity contribution in [3.05, 3.63) is 35.9 Å². The third-order valence-electron chi connectivity index (χ3n) is 4.67. The van der Waals surface area contributed by atoms with Crippen LogP contribution in [0.2, 0.25) is 0 Å². The van der Waals surface area contributed by atoms with Crippen LogP contribution in [0.25, 0.3) is 0 Å². The number of nitrogens with zero attached hydrogens (tertiary/aromatic N) is 4. The van der Waals surface area contributed by atoms with E-state index in [1.165, 1.54) is 12.8 Å². The molecule has 1 aliphatic carbocycles. The minimum atomic E-state index is 0.196. The second-order valence-electron chi connectivity index (χ2n) is 6.56. The van der Waals surface area contributed by atoms with Crippen molar-refractivity contribution in [1.82, 2.24) is 19.9 Å². The van der Waals surface area contributed by atoms with Crippen LogP contribution < -0.4 is 0 Å². The standard InChI is InChI=1S/C17H22N4O3/c22-16(6-5-14-2-1-11-23-14)21-9-7-20(8-10-21)12-15-18-17(24-19-15)13-3-4-13/h1-2,11,13H,3-10,12H2. The molecule has 0 N–H and O–H groups in total. The van der Waals surface area contributed by atoms with Gasteiger partial charge in [0.05, 0.1) is 12.8 Å². The number of piperazine rings is 1. The van der Waals surface area contributed by atoms with Gasteiger partial charge in [-0.3, -0.25) is 9.69 Å². The number of aryl methyl sites for hydroxylation is 1. The van der Waals surface area contributed by atoms with Gasteiger partial charge >= 0.3 is 0 Å². The molecule has 0 radical (unpaired) electrons. The molecule has 0 aromatic carbocycles. The van der Waals surface area contributed by atoms with Crippen molar-refractivity contribution < 1.29 is 13.7 Å². The van der Waals surface area contributed by atoms with Crippen LogP contribution in [0.1, 0.15) is 42.7 Å². The Morgan fingerprint density at radius 2 is 2.08 bits per heavy atom. The molecule has 3 heterocycles. The molecule has 2 fully saturated rings. The number of hydrogen-bond acceptors (Lipinski definition) is 6. The summed E-state index contributed by atoms with van der Waals surface area (Å²) in [6.45, 7) is 3.90. The van der Waals surface area contributed by atoms with Crippen molar-refractivity contribution in [2.45, 2.75) is 38.1 Å². The zero-order chi connectivity index (χ0) is 16.4. The van der Waals surface area contributed by atoms with Gasteiger partial charge in [0.2, 0.25) is 11.8 Å². The highest BCUT2D eigenvalue weighted by Gasteiger charge is 2.30. The van der Waals surface area contributed by atoms with Crippen LogP contribution in [0.3, 0.4) is 0 Å². The summed E-state index contributed by atoms with van der Waals surface area (Å²) in [6, 6.07) is 3.76. The zero-order valence-corrected chi connectivity index (χ0v) is 13.7. The summed E-state index contributed by atoms with van der Waals surface area (Å²) in [5.74, 6) is 3.10. The first-order valence-electron chi connectivity index (χ1n) is 8.63. The van der Waals surface area contributed by atoms with E-state index in [9.17, 15) is 4.79 Å². The Kier molecular flexibility index (Phi) is 4.34. The Hall–Kier alpha value is -2.15. The number of carbonyl (C=O) groups excluding carboxylic acids is 1. The van der Waals surface area contributed by atoms with Crippen molar-refractivity contribution >= 4 is 5.91 Å². The number of carbonyl (C=O) groups is 1. The SMILES string of the molecule is O=C(CCc1ccco1)N1CCN(Cc2noc(C3CC3)n2)CC1. The second-order valence-corrected chi connectivity index (χ2v) is 6.56. The smallest absolute Gasteiger partial charge is 0.229 e. The normalized spacial score (nSPS) is 18.9. The van der Waals surface area contributed by atoms with Crippen molar-refractivity contribution in [2.75, 3.05) is 26.2 Å². The Bertz CT molecular complexity index is 670. The summed E-state index contributed by atoms with van der Waals surface area (Å²) in [5.41, 5.74) is 0. The fraction of sp³-hybridized carbons (Fsp3) is 0.588. The molecule has 24 heavy (non-hydrogen) atoms. The number of furan rings is 1. The monoisotopic (exact) mass is 330 g/mol. The van der Waals surface area contributed by atoms with Gasteiger partial charge in [0.1, 0.15) is 5.76 Å². The third kappa shape index (κ3) is 3.67. The molecule has 1 aliphatic heterocycles. The number of rotatable bonds is 6. The lowest BCUT2D eigenvalue weighted by Crippen LogP contribution is -2.48. The van der Waals surface area contributed by atoms with E-state index in [0.29, 0.717) is 25.3 Å². The summed E-state index contributed by atoms with van der Waals surface area (Å²) in [6.07, 6.45) is 5.15. The summed E-state index contributed by atoms with van der Waals surface area (Å²) in [5, 5.41) is 4.06. The topological polar surface area (TPSA) is 75.6 Å². The van der Waals surface area contributed by atoms with Crippen LogP contribution in [-0.4, -0.2) is 52.0 Å². The maximum atomic E-state index is 12.3. The number of hydrogen-bond donors (Lipinski definition) is 0. The van der Waals surface area contributed by atoms with E-state index in [1.807, 2.05) is 17.0 Å². The average Bonchev–Trinajstić information content (AvgIpc) is 3.13. The van der Waals surface area contributed by atoms with Gasteiger partial charge in [-0.05, 0) is 25.0 Å². The lowest BCUT2D eigenvalue weighted by Gasteiger charge is -2.34. The van der Waals surface area contributed by atoms with Crippen LogP contribution in [0.4, 0.5) is 0 Å². The van der Waals surface area contributed by atoms with Crippen LogP contribution in [0.5, 0.6) is 0 Å². The molecule has 7 nitrogen and oxygen atoms in total. The molecule has 2 aliphatic rings. The summed E-state index contributed by atoms with van der Waals surface area (Å²) in [7, 11) is 0. The van der Waals surface area contributed by atoms with E-state index in [2.05, 4.69) is 15.0 Å². The molecule has 128 valence electrons. The molecule has 2 aromatic rings. The Morgan fingerprint density at radius 3 is 2.79 bits per heavy atom. The van der Waals surface area contributed by atoms with E-state index in [1.54, 1.807) is 6.26 Å². The highest BCUT2D eigenvalue weighted by molar-refractivity contribution is 5.76. The molecular formula is C17H22N4O3. The lowest BCUT2D eigenvalue weighted by atomic mass is 10.2. The Morgan fingerprint density at radius 1 is 1.25 bits per heavy atom. The second kappa shape index (κ2) is 6.76. The summed E-state index contributed by atoms with van der Waals surface area (Å²) in [4.78, 5) is 20.9. The summed E-state index contributed by atoms with van der Waals surface area (Å²) < 4.78 is 10.6. The van der Waals surface area contributed by atoms with Gasteiger partial charge in [0, 0.05) is 44.9 Å². The molecule has 0 bridgehead atoms. The maximum absolute atomic E-state index is 12.3. The molecular weight excluding hydrogens is 308 g/mol. The van der Waals surface area contributed by atoms with Crippen molar-refractivity contribution in [3.8, 4) is 0 Å². The highest BCUT2D eigenvalue weighted by Crippen LogP contribution is 2.38. The molecule has 2 aromatic heterocycles. The predicted octanol–water partition coefficient (Wildman–Crippen LogP) is 1.82. The minimum Gasteiger partial charge on any atom is -0.469 e. The number of aromatic nitrogens is 2. The molecule has 0 spiro atoms. The van der Waals surface area contributed by atoms with Gasteiger partial charge in [-0.25, -0.2) is 0 Å². The first-order valence-corrected chi connectivity index (χ1v) is 8.63. The molecule has 1 saturated carbocycles. The van der Waals surface area contributed by atoms with Crippen molar-refractivity contribution in [2.24, 2.45) is 0 Å². The fourth-order valence-corrected chi connectivity index (χ4v) is 3.03. The van der Waals surface area contributed by atoms with Crippen LogP contribution in [-0.2, 0) is 17.8 Å². The molecule has 1 amide bonds. The van der Waals surface area contributed by atoms with Crippen LogP contribution in [0.15, 0.2) is 27.3 Å². The van der Waals surface area contributed by atoms with Crippen molar-refractivity contribution in [3.63, 3.8) is 0 Å². The van der Waals surface area contributed by atoms with Gasteiger partial charge in [0.25, 0.3) is 0 Å². The van der Waals surface area contributed by atoms with Crippen molar-refractivity contribution in [1.29, 1.82) is 0 Å². The molecule has 0 unspecified atom stereocenters. The molecule has 1 saturated heterocycles. The van der Waals surface area contributed by atoms with E-state index in [-0.39, 0.29) is 5.91 Å². The molecule has 4 rings (SSSR count). The summed E-state index contributed by atoms with van der Waals surface area (Å²) >= 11 is 0. The fourth-order valence-electron chi connectivity index (χ4n) is 3.03. The van der Waals surface area contributed by atoms with Gasteiger partial charge in [0.15, 0.2) is 5.82 Å². The van der Waals surface area contributed by atoms with E-state index in [0.717, 1.165) is 43.7 Å². The Labute approximate surface area is 140 Å². The van der Waals surface area contributed by atoms with E-state index >= 15 is 0 Å². The first-order chi connectivity index (χ1) is 11.8. The molecule has 0 atom stereocenters. The Balaban J connectivity index is 1.21. The van der Waals surface area contributed by atoms with Gasteiger partial charge < -0.3 is 13.8 Å². The number of amides is 1. The quantitative estimate of drug-likeness (QED) is 0.804. The zero-order valence-electron chi connectivity index (χ0n) is 13.7. The minimum absolute atomic E-state index is 0.196. The van der Waals surface area contributed by atoms with Crippen LogP contribution in [0, 0.1) is 0 Å². The highest BCUT2D eigenvalue weighted by atomic mass is 16.5. The largest absolute Gasteiger partial charge is 0.469 e. The van der Waals surface area contributed by atoms with E-state index < -0.39 is 0 Å². The first kappa shape index (κ1) is 15.4. The third-order valence-corrected chi connectivity index (χ3v) is 4.67.